The fourth-order valence-electron chi connectivity index (χ4n) is 5.48. The fourth-order valence-corrected chi connectivity index (χ4v) is 5.48. The van der Waals surface area contributed by atoms with E-state index in [0.29, 0.717) is 45.4 Å². The molecule has 0 bridgehead atoms. The summed E-state index contributed by atoms with van der Waals surface area (Å²) in [6.45, 7) is 5.44. The quantitative estimate of drug-likeness (QED) is 0.220. The molecule has 1 aliphatic rings. The molecule has 1 saturated carbocycles. The molecule has 5 atom stereocenters. The first-order valence-corrected chi connectivity index (χ1v) is 14.4. The zero-order valence-electron chi connectivity index (χ0n) is 24.2. The van der Waals surface area contributed by atoms with E-state index in [1.54, 1.807) is 20.3 Å². The lowest BCUT2D eigenvalue weighted by Crippen LogP contribution is -2.53. The molecule has 3 aromatic rings. The van der Waals surface area contributed by atoms with Crippen molar-refractivity contribution in [2.45, 2.75) is 63.3 Å². The summed E-state index contributed by atoms with van der Waals surface area (Å²) in [6.07, 6.45) is 3.59. The van der Waals surface area contributed by atoms with Gasteiger partial charge in [-0.2, -0.15) is 0 Å². The van der Waals surface area contributed by atoms with Crippen LogP contribution >= 0.6 is 0 Å². The highest BCUT2D eigenvalue weighted by molar-refractivity contribution is 5.79. The first-order chi connectivity index (χ1) is 20.1. The summed E-state index contributed by atoms with van der Waals surface area (Å²) in [5.74, 6) is 0.963. The molecule has 6 nitrogen and oxygen atoms in total. The second kappa shape index (κ2) is 16.2. The van der Waals surface area contributed by atoms with E-state index in [4.69, 9.17) is 18.9 Å². The van der Waals surface area contributed by atoms with Gasteiger partial charge < -0.3 is 24.3 Å². The number of methoxy groups -OCH3 is 2. The van der Waals surface area contributed by atoms with Crippen LogP contribution in [0.5, 0.6) is 5.75 Å². The molecule has 41 heavy (non-hydrogen) atoms. The van der Waals surface area contributed by atoms with Crippen LogP contribution in [0.25, 0.3) is 0 Å². The van der Waals surface area contributed by atoms with Gasteiger partial charge in [0.1, 0.15) is 11.5 Å². The Bertz CT molecular complexity index is 1180. The molecule has 0 aliphatic heterocycles. The van der Waals surface area contributed by atoms with Crippen molar-refractivity contribution in [1.82, 2.24) is 5.32 Å². The highest BCUT2D eigenvalue weighted by Crippen LogP contribution is 2.33. The molecular weight excluding hydrogens is 514 g/mol. The molecule has 3 aromatic carbocycles. The number of carbonyl (C=O) groups is 1. The van der Waals surface area contributed by atoms with Crippen LogP contribution in [0.15, 0.2) is 97.6 Å². The number of ether oxygens (including phenoxy) is 4. The molecule has 218 valence electrons. The van der Waals surface area contributed by atoms with Crippen LogP contribution in [0.3, 0.4) is 0 Å². The Morgan fingerprint density at radius 2 is 1.56 bits per heavy atom. The molecule has 0 aromatic heterocycles. The number of ketones is 1. The summed E-state index contributed by atoms with van der Waals surface area (Å²) in [5, 5.41) is 3.72. The Kier molecular flexibility index (Phi) is 12.1. The summed E-state index contributed by atoms with van der Waals surface area (Å²) in [4.78, 5) is 12.9. The summed E-state index contributed by atoms with van der Waals surface area (Å²) in [5.41, 5.74) is 3.35. The fraction of sp³-hybridized carbons (Fsp3) is 0.400. The summed E-state index contributed by atoms with van der Waals surface area (Å²) < 4.78 is 24.3. The third kappa shape index (κ3) is 9.37. The Morgan fingerprint density at radius 1 is 0.902 bits per heavy atom. The number of Topliss-reactive ketones (excluding diaryl/α,β-unsaturated/α-hetero) is 1. The number of benzene rings is 3. The molecule has 1 aliphatic carbocycles. The van der Waals surface area contributed by atoms with Gasteiger partial charge in [-0.05, 0) is 41.7 Å². The maximum Gasteiger partial charge on any atom is 0.133 e. The maximum absolute atomic E-state index is 12.9. The highest BCUT2D eigenvalue weighted by atomic mass is 16.5. The minimum Gasteiger partial charge on any atom is -0.497 e. The zero-order chi connectivity index (χ0) is 28.9. The van der Waals surface area contributed by atoms with Gasteiger partial charge in [-0.25, -0.2) is 0 Å². The molecule has 0 radical (unpaired) electrons. The standard InChI is InChI=1S/C35H43NO5/c1-4-30(38-2)23-36-33(21-26-15-18-31(39-3)19-16-26)35(41-25-28-13-9-6-10-14-28)32-22-29(37)17-20-34(32)40-24-27-11-7-5-8-12-27/h4-16,18-19,30,32-36H,1,17,20-25H2,2-3H3/t30?,32-,33-,34-,35-/m0/s1. The van der Waals surface area contributed by atoms with Crippen molar-refractivity contribution in [3.05, 3.63) is 114 Å². The molecule has 1 fully saturated rings. The molecule has 0 saturated heterocycles. The number of nitrogens with one attached hydrogen (secondary N) is 1. The predicted octanol–water partition coefficient (Wildman–Crippen LogP) is 5.94. The van der Waals surface area contributed by atoms with E-state index in [1.807, 2.05) is 48.5 Å². The van der Waals surface area contributed by atoms with Crippen molar-refractivity contribution >= 4 is 5.78 Å². The van der Waals surface area contributed by atoms with Crippen LogP contribution in [0.4, 0.5) is 0 Å². The number of hydrogen-bond donors (Lipinski definition) is 1. The zero-order valence-corrected chi connectivity index (χ0v) is 24.2. The van der Waals surface area contributed by atoms with Crippen LogP contribution in [0, 0.1) is 5.92 Å². The lowest BCUT2D eigenvalue weighted by molar-refractivity contribution is -0.138. The topological polar surface area (TPSA) is 66.0 Å². The Hall–Kier alpha value is -3.29. The molecule has 0 amide bonds. The second-order valence-corrected chi connectivity index (χ2v) is 10.6. The molecule has 0 heterocycles. The molecule has 1 unspecified atom stereocenters. The van der Waals surface area contributed by atoms with Crippen LogP contribution in [0.2, 0.25) is 0 Å². The number of carbonyl (C=O) groups excluding carboxylic acids is 1. The van der Waals surface area contributed by atoms with Crippen LogP contribution in [-0.2, 0) is 38.6 Å². The van der Waals surface area contributed by atoms with Crippen molar-refractivity contribution in [3.8, 4) is 5.75 Å². The van der Waals surface area contributed by atoms with E-state index in [-0.39, 0.29) is 36.1 Å². The average molecular weight is 558 g/mol. The Labute approximate surface area is 244 Å². The SMILES string of the molecule is C=CC(CN[C@@H](Cc1ccc(OC)cc1)[C@@H](OCc1ccccc1)[C@H]1CC(=O)CC[C@@H]1OCc1ccccc1)OC. The van der Waals surface area contributed by atoms with Crippen molar-refractivity contribution in [3.63, 3.8) is 0 Å². The Morgan fingerprint density at radius 3 is 2.17 bits per heavy atom. The summed E-state index contributed by atoms with van der Waals surface area (Å²) in [7, 11) is 3.35. The minimum atomic E-state index is -0.287. The van der Waals surface area contributed by atoms with E-state index in [2.05, 4.69) is 48.3 Å². The summed E-state index contributed by atoms with van der Waals surface area (Å²) in [6, 6.07) is 28.4. The normalized spacial score (nSPS) is 19.3. The molecule has 6 heteroatoms. The van der Waals surface area contributed by atoms with Gasteiger partial charge in [0.25, 0.3) is 0 Å². The molecule has 4 rings (SSSR count). The van der Waals surface area contributed by atoms with Gasteiger partial charge in [-0.3, -0.25) is 4.79 Å². The Balaban J connectivity index is 1.63. The number of hydrogen-bond acceptors (Lipinski definition) is 6. The lowest BCUT2D eigenvalue weighted by Gasteiger charge is -2.40. The first kappa shape index (κ1) is 30.7. The third-order valence-corrected chi connectivity index (χ3v) is 7.82. The van der Waals surface area contributed by atoms with Crippen LogP contribution in [-0.4, -0.2) is 50.9 Å². The van der Waals surface area contributed by atoms with Crippen molar-refractivity contribution < 1.29 is 23.7 Å². The van der Waals surface area contributed by atoms with Crippen LogP contribution in [0.1, 0.15) is 36.0 Å². The number of rotatable bonds is 16. The van der Waals surface area contributed by atoms with Crippen molar-refractivity contribution in [2.75, 3.05) is 20.8 Å². The maximum atomic E-state index is 12.9. The molecular formula is C35H43NO5. The highest BCUT2D eigenvalue weighted by Gasteiger charge is 2.40. The van der Waals surface area contributed by atoms with Gasteiger partial charge in [0.2, 0.25) is 0 Å². The van der Waals surface area contributed by atoms with E-state index in [1.165, 1.54) is 0 Å². The van der Waals surface area contributed by atoms with Gasteiger partial charge >= 0.3 is 0 Å². The van der Waals surface area contributed by atoms with E-state index in [9.17, 15) is 4.79 Å². The van der Waals surface area contributed by atoms with Crippen LogP contribution < -0.4 is 10.1 Å². The second-order valence-electron chi connectivity index (χ2n) is 10.6. The average Bonchev–Trinajstić information content (AvgIpc) is 3.02. The minimum absolute atomic E-state index is 0.105. The van der Waals surface area contributed by atoms with Gasteiger partial charge in [0.05, 0.1) is 38.6 Å². The lowest BCUT2D eigenvalue weighted by atomic mass is 9.78. The predicted molar refractivity (Wildman–Crippen MR) is 162 cm³/mol. The third-order valence-electron chi connectivity index (χ3n) is 7.82. The van der Waals surface area contributed by atoms with Gasteiger partial charge in [-0.1, -0.05) is 78.9 Å². The van der Waals surface area contributed by atoms with E-state index in [0.717, 1.165) is 22.4 Å². The van der Waals surface area contributed by atoms with Gasteiger partial charge in [0.15, 0.2) is 0 Å². The van der Waals surface area contributed by atoms with Crippen molar-refractivity contribution in [1.29, 1.82) is 0 Å². The van der Waals surface area contributed by atoms with E-state index >= 15 is 0 Å². The monoisotopic (exact) mass is 557 g/mol. The van der Waals surface area contributed by atoms with Gasteiger partial charge in [-0.15, -0.1) is 6.58 Å². The van der Waals surface area contributed by atoms with Gasteiger partial charge in [0, 0.05) is 38.5 Å². The largest absolute Gasteiger partial charge is 0.497 e. The first-order valence-electron chi connectivity index (χ1n) is 14.4. The molecule has 0 spiro atoms. The smallest absolute Gasteiger partial charge is 0.133 e. The van der Waals surface area contributed by atoms with E-state index < -0.39 is 0 Å². The summed E-state index contributed by atoms with van der Waals surface area (Å²) >= 11 is 0. The molecule has 1 N–H and O–H groups in total. The van der Waals surface area contributed by atoms with Crippen molar-refractivity contribution in [2.24, 2.45) is 5.92 Å².